The molecule has 0 unspecified atom stereocenters. The molecular formula is C15H12ClN2O2S-. The number of rotatable bonds is 2. The predicted molar refractivity (Wildman–Crippen MR) is 86.5 cm³/mol. The number of ether oxygens (including phenoxy) is 1. The van der Waals surface area contributed by atoms with Crippen LogP contribution >= 0.6 is 23.8 Å². The van der Waals surface area contributed by atoms with E-state index in [0.29, 0.717) is 26.9 Å². The van der Waals surface area contributed by atoms with Gasteiger partial charge in [0.1, 0.15) is 4.99 Å². The van der Waals surface area contributed by atoms with Gasteiger partial charge >= 0.3 is 5.97 Å². The molecule has 2 rings (SSSR count). The molecule has 0 spiro atoms. The molecule has 1 aromatic rings. The Kier molecular flexibility index (Phi) is 4.58. The zero-order chi connectivity index (χ0) is 15.6. The molecule has 6 heteroatoms. The summed E-state index contributed by atoms with van der Waals surface area (Å²) in [6.45, 7) is 1.73. The van der Waals surface area contributed by atoms with E-state index in [2.05, 4.69) is 11.2 Å². The Morgan fingerprint density at radius 3 is 2.81 bits per heavy atom. The first kappa shape index (κ1) is 15.4. The van der Waals surface area contributed by atoms with Gasteiger partial charge in [-0.3, -0.25) is 5.87 Å². The SMILES string of the molecule is COC(=O)C1=C(C)NC(=S)C(=C=[N-])[C@@H]1c1cccc(Cl)c1. The van der Waals surface area contributed by atoms with Crippen LogP contribution in [0.25, 0.3) is 5.41 Å². The second kappa shape index (κ2) is 6.22. The van der Waals surface area contributed by atoms with Gasteiger partial charge in [0.2, 0.25) is 0 Å². The third-order valence-corrected chi connectivity index (χ3v) is 3.79. The Labute approximate surface area is 133 Å². The second-order valence-corrected chi connectivity index (χ2v) is 5.34. The van der Waals surface area contributed by atoms with Gasteiger partial charge in [0.15, 0.2) is 0 Å². The van der Waals surface area contributed by atoms with Crippen LogP contribution in [0.15, 0.2) is 41.1 Å². The number of esters is 1. The van der Waals surface area contributed by atoms with Crippen molar-refractivity contribution >= 4 is 40.6 Å². The first-order valence-corrected chi connectivity index (χ1v) is 6.91. The van der Waals surface area contributed by atoms with Crippen LogP contribution in [0, 0.1) is 0 Å². The Morgan fingerprint density at radius 1 is 1.52 bits per heavy atom. The topological polar surface area (TPSA) is 60.6 Å². The van der Waals surface area contributed by atoms with Gasteiger partial charge in [-0.15, -0.1) is 0 Å². The van der Waals surface area contributed by atoms with Gasteiger partial charge in [-0.25, -0.2) is 4.79 Å². The summed E-state index contributed by atoms with van der Waals surface area (Å²) in [5.41, 5.74) is 1.97. The highest BCUT2D eigenvalue weighted by atomic mass is 35.5. The van der Waals surface area contributed by atoms with E-state index in [9.17, 15) is 10.2 Å². The molecule has 108 valence electrons. The second-order valence-electron chi connectivity index (χ2n) is 4.50. The summed E-state index contributed by atoms with van der Waals surface area (Å²) < 4.78 is 4.83. The summed E-state index contributed by atoms with van der Waals surface area (Å²) >= 11 is 11.2. The molecule has 1 aliphatic heterocycles. The predicted octanol–water partition coefficient (Wildman–Crippen LogP) is 2.97. The maximum absolute atomic E-state index is 12.1. The number of carbonyl (C=O) groups is 1. The molecule has 1 aromatic carbocycles. The van der Waals surface area contributed by atoms with Crippen LogP contribution in [-0.4, -0.2) is 23.9 Å². The first-order chi connectivity index (χ1) is 9.99. The lowest BCUT2D eigenvalue weighted by atomic mass is 9.81. The maximum Gasteiger partial charge on any atom is 0.336 e. The lowest BCUT2D eigenvalue weighted by Crippen LogP contribution is -2.35. The third-order valence-electron chi connectivity index (χ3n) is 3.23. The van der Waals surface area contributed by atoms with Crippen molar-refractivity contribution in [3.05, 3.63) is 57.1 Å². The van der Waals surface area contributed by atoms with Gasteiger partial charge in [-0.2, -0.15) is 0 Å². The maximum atomic E-state index is 12.1. The van der Waals surface area contributed by atoms with Crippen molar-refractivity contribution in [2.75, 3.05) is 7.11 Å². The average Bonchev–Trinajstić information content (AvgIpc) is 2.45. The summed E-state index contributed by atoms with van der Waals surface area (Å²) in [6.07, 6.45) is 0. The van der Waals surface area contributed by atoms with Gasteiger partial charge in [0.25, 0.3) is 0 Å². The lowest BCUT2D eigenvalue weighted by molar-refractivity contribution is -0.136. The smallest absolute Gasteiger partial charge is 0.336 e. The van der Waals surface area contributed by atoms with Gasteiger partial charge in [-0.05, 0) is 24.6 Å². The molecule has 0 aromatic heterocycles. The number of hydrogen-bond acceptors (Lipinski definition) is 3. The zero-order valence-corrected chi connectivity index (χ0v) is 13.0. The molecule has 1 atom stereocenters. The van der Waals surface area contributed by atoms with Crippen LogP contribution in [0.2, 0.25) is 5.02 Å². The summed E-state index contributed by atoms with van der Waals surface area (Å²) in [4.78, 5) is 12.4. The van der Waals surface area contributed by atoms with Crippen molar-refractivity contribution in [2.24, 2.45) is 0 Å². The highest BCUT2D eigenvalue weighted by Crippen LogP contribution is 2.37. The Balaban J connectivity index is 2.70. The number of hydrogen-bond donors (Lipinski definition) is 1. The number of methoxy groups -OCH3 is 1. The molecule has 0 radical (unpaired) electrons. The Hall–Kier alpha value is -1.94. The van der Waals surface area contributed by atoms with Crippen LogP contribution in [0.1, 0.15) is 18.4 Å². The minimum absolute atomic E-state index is 0.304. The average molecular weight is 320 g/mol. The van der Waals surface area contributed by atoms with Crippen LogP contribution in [0.4, 0.5) is 0 Å². The molecule has 0 saturated heterocycles. The van der Waals surface area contributed by atoms with E-state index in [0.717, 1.165) is 5.56 Å². The monoisotopic (exact) mass is 319 g/mol. The zero-order valence-electron chi connectivity index (χ0n) is 11.4. The molecule has 0 saturated carbocycles. The standard InChI is InChI=1S/C15H12ClN2O2S/c1-8-12(15(19)20-2)13(11(7-17)14(21)18-8)9-4-3-5-10(16)6-9/h3-6,13H,1-2H3,(H,18,21)/q-1/t13-/m0/s1. The molecule has 0 aliphatic carbocycles. The largest absolute Gasteiger partial charge is 0.763 e. The molecule has 0 bridgehead atoms. The number of carbonyl (C=O) groups excluding carboxylic acids is 1. The number of nitrogens with one attached hydrogen (secondary N) is 1. The van der Waals surface area contributed by atoms with E-state index in [1.54, 1.807) is 31.2 Å². The van der Waals surface area contributed by atoms with Crippen molar-refractivity contribution in [1.29, 1.82) is 0 Å². The number of thiocarbonyl (C=S) groups is 1. The number of benzene rings is 1. The van der Waals surface area contributed by atoms with Gasteiger partial charge < -0.3 is 15.5 Å². The van der Waals surface area contributed by atoms with E-state index >= 15 is 0 Å². The fourth-order valence-electron chi connectivity index (χ4n) is 2.31. The normalized spacial score (nSPS) is 18.1. The Morgan fingerprint density at radius 2 is 2.24 bits per heavy atom. The van der Waals surface area contributed by atoms with Crippen LogP contribution in [0.5, 0.6) is 0 Å². The summed E-state index contributed by atoms with van der Waals surface area (Å²) in [5.74, 6) is 1.01. The fraction of sp³-hybridized carbons (Fsp3) is 0.200. The number of nitrogens with zero attached hydrogens (tertiary/aromatic N) is 1. The van der Waals surface area contributed by atoms with Crippen LogP contribution < -0.4 is 5.32 Å². The molecule has 21 heavy (non-hydrogen) atoms. The van der Waals surface area contributed by atoms with Crippen molar-refractivity contribution in [2.45, 2.75) is 12.8 Å². The van der Waals surface area contributed by atoms with Crippen LogP contribution in [0.3, 0.4) is 0 Å². The van der Waals surface area contributed by atoms with E-state index in [1.165, 1.54) is 7.11 Å². The van der Waals surface area contributed by atoms with Crippen LogP contribution in [-0.2, 0) is 9.53 Å². The van der Waals surface area contributed by atoms with E-state index < -0.39 is 11.9 Å². The molecular weight excluding hydrogens is 308 g/mol. The summed E-state index contributed by atoms with van der Waals surface area (Å²) in [7, 11) is 1.30. The molecule has 0 amide bonds. The van der Waals surface area contributed by atoms with Crippen molar-refractivity contribution in [3.63, 3.8) is 0 Å². The first-order valence-electron chi connectivity index (χ1n) is 6.12. The minimum atomic E-state index is -0.574. The van der Waals surface area contributed by atoms with Gasteiger partial charge in [0.05, 0.1) is 18.6 Å². The molecule has 1 heterocycles. The van der Waals surface area contributed by atoms with E-state index in [1.807, 2.05) is 0 Å². The molecule has 0 fully saturated rings. The number of allylic oxidation sites excluding steroid dienone is 1. The summed E-state index contributed by atoms with van der Waals surface area (Å²) in [5, 5.41) is 12.8. The quantitative estimate of drug-likeness (QED) is 0.394. The van der Waals surface area contributed by atoms with Gasteiger partial charge in [0, 0.05) is 16.3 Å². The van der Waals surface area contributed by atoms with Gasteiger partial charge in [-0.1, -0.05) is 36.0 Å². The van der Waals surface area contributed by atoms with Crippen molar-refractivity contribution in [3.8, 4) is 0 Å². The highest BCUT2D eigenvalue weighted by Gasteiger charge is 2.34. The van der Waals surface area contributed by atoms with E-state index in [4.69, 9.17) is 28.6 Å². The molecule has 1 aliphatic rings. The lowest BCUT2D eigenvalue weighted by Gasteiger charge is -2.30. The number of halogens is 1. The van der Waals surface area contributed by atoms with Crippen molar-refractivity contribution in [1.82, 2.24) is 5.32 Å². The fourth-order valence-corrected chi connectivity index (χ4v) is 2.83. The van der Waals surface area contributed by atoms with Crippen molar-refractivity contribution < 1.29 is 9.53 Å². The summed E-state index contributed by atoms with van der Waals surface area (Å²) in [6, 6.07) is 7.01. The Bertz CT molecular complexity index is 705. The molecule has 1 N–H and O–H groups in total. The third kappa shape index (κ3) is 2.90. The molecule has 4 nitrogen and oxygen atoms in total. The minimum Gasteiger partial charge on any atom is -0.763 e. The highest BCUT2D eigenvalue weighted by molar-refractivity contribution is 7.80. The van der Waals surface area contributed by atoms with E-state index in [-0.39, 0.29) is 0 Å².